The van der Waals surface area contributed by atoms with Crippen LogP contribution in [0.5, 0.6) is 0 Å². The Kier molecular flexibility index (Phi) is 5.16. The van der Waals surface area contributed by atoms with Crippen LogP contribution in [0, 0.1) is 13.8 Å². The van der Waals surface area contributed by atoms with Gasteiger partial charge in [-0.1, -0.05) is 18.2 Å². The highest BCUT2D eigenvalue weighted by Crippen LogP contribution is 2.34. The molecule has 0 radical (unpaired) electrons. The van der Waals surface area contributed by atoms with E-state index < -0.39 is 31.3 Å². The number of hydrogen-bond acceptors (Lipinski definition) is 6. The maximum Gasteiger partial charge on any atom is 0.268 e. The number of nitrogens with one attached hydrogen (secondary N) is 1. The molecule has 2 aromatic rings. The van der Waals surface area contributed by atoms with E-state index in [2.05, 4.69) is 10.4 Å². The number of sulfone groups is 1. The number of carbonyl (C=O) groups excluding carboxylic acids is 1. The fraction of sp³-hybridized carbons (Fsp3) is 0.500. The molecule has 1 fully saturated rings. The highest BCUT2D eigenvalue weighted by molar-refractivity contribution is 7.93. The van der Waals surface area contributed by atoms with Crippen LogP contribution in [0.2, 0.25) is 0 Å². The summed E-state index contributed by atoms with van der Waals surface area (Å²) in [5.74, 6) is -0.457. The van der Waals surface area contributed by atoms with Crippen LogP contribution in [0.15, 0.2) is 29.2 Å². The number of anilines is 1. The van der Waals surface area contributed by atoms with Gasteiger partial charge >= 0.3 is 0 Å². The first-order chi connectivity index (χ1) is 14.4. The lowest BCUT2D eigenvalue weighted by Crippen LogP contribution is -2.48. The summed E-state index contributed by atoms with van der Waals surface area (Å²) in [5, 5.41) is 7.08. The maximum absolute atomic E-state index is 13.4. The van der Waals surface area contributed by atoms with Crippen molar-refractivity contribution < 1.29 is 21.6 Å². The summed E-state index contributed by atoms with van der Waals surface area (Å²) < 4.78 is 53.2. The van der Waals surface area contributed by atoms with E-state index in [0.29, 0.717) is 36.5 Å². The van der Waals surface area contributed by atoms with Gasteiger partial charge in [0, 0.05) is 6.54 Å². The lowest BCUT2D eigenvalue weighted by Gasteiger charge is -2.24. The molecule has 2 aliphatic heterocycles. The van der Waals surface area contributed by atoms with Crippen molar-refractivity contribution in [3.63, 3.8) is 0 Å². The van der Waals surface area contributed by atoms with E-state index in [4.69, 9.17) is 0 Å². The molecule has 11 heteroatoms. The molecule has 0 saturated carbocycles. The Bertz CT molecular complexity index is 1270. The normalized spacial score (nSPS) is 22.5. The first kappa shape index (κ1) is 21.8. The summed E-state index contributed by atoms with van der Waals surface area (Å²) in [5.41, 5.74) is 1.53. The first-order valence-corrected chi connectivity index (χ1v) is 13.3. The van der Waals surface area contributed by atoms with Crippen molar-refractivity contribution in [3.05, 3.63) is 41.2 Å². The average molecular weight is 467 g/mol. The number of nitrogens with zero attached hydrogens (tertiary/aromatic N) is 3. The van der Waals surface area contributed by atoms with Gasteiger partial charge in [-0.2, -0.15) is 5.10 Å². The van der Waals surface area contributed by atoms with E-state index in [9.17, 15) is 21.6 Å². The van der Waals surface area contributed by atoms with Crippen LogP contribution in [-0.2, 0) is 37.6 Å². The summed E-state index contributed by atoms with van der Waals surface area (Å²) in [6.07, 6.45) is 0.998. The van der Waals surface area contributed by atoms with E-state index in [1.807, 2.05) is 18.2 Å². The van der Waals surface area contributed by atoms with E-state index >= 15 is 0 Å². The molecule has 1 amide bonds. The Labute approximate surface area is 182 Å². The number of hydrogen-bond donors (Lipinski definition) is 1. The molecule has 2 aliphatic rings. The molecule has 1 N–H and O–H groups in total. The summed E-state index contributed by atoms with van der Waals surface area (Å²) in [6.45, 7) is 5.12. The van der Waals surface area contributed by atoms with Gasteiger partial charge in [-0.05, 0) is 45.2 Å². The van der Waals surface area contributed by atoms with Crippen molar-refractivity contribution >= 4 is 31.5 Å². The minimum atomic E-state index is -3.84. The molecule has 9 nitrogen and oxygen atoms in total. The van der Waals surface area contributed by atoms with Crippen LogP contribution in [-0.4, -0.2) is 56.1 Å². The molecular weight excluding hydrogens is 440 g/mol. The number of aromatic nitrogens is 2. The van der Waals surface area contributed by atoms with Gasteiger partial charge in [-0.25, -0.2) is 16.8 Å². The van der Waals surface area contributed by atoms with Crippen molar-refractivity contribution in [2.24, 2.45) is 0 Å². The molecular formula is C20H26N4O5S2. The van der Waals surface area contributed by atoms with Crippen molar-refractivity contribution in [2.75, 3.05) is 22.4 Å². The predicted octanol–water partition coefficient (Wildman–Crippen LogP) is 0.945. The van der Waals surface area contributed by atoms with Gasteiger partial charge in [0.25, 0.3) is 10.0 Å². The molecule has 1 atom stereocenters. The Morgan fingerprint density at radius 1 is 1.26 bits per heavy atom. The Balaban J connectivity index is 1.58. The topological polar surface area (TPSA) is 118 Å². The third-order valence-corrected chi connectivity index (χ3v) is 9.91. The summed E-state index contributed by atoms with van der Waals surface area (Å²) in [6, 6.07) is 7.41. The highest BCUT2D eigenvalue weighted by Gasteiger charge is 2.40. The molecule has 0 spiro atoms. The van der Waals surface area contributed by atoms with Crippen LogP contribution in [0.3, 0.4) is 0 Å². The number of benzene rings is 1. The third kappa shape index (κ3) is 3.96. The van der Waals surface area contributed by atoms with Gasteiger partial charge in [-0.3, -0.25) is 13.8 Å². The summed E-state index contributed by atoms with van der Waals surface area (Å²) in [4.78, 5) is 12.7. The van der Waals surface area contributed by atoms with Crippen molar-refractivity contribution in [3.8, 4) is 0 Å². The lowest BCUT2D eigenvalue weighted by atomic mass is 10.0. The minimum Gasteiger partial charge on any atom is -0.348 e. The summed E-state index contributed by atoms with van der Waals surface area (Å²) >= 11 is 0. The molecule has 168 valence electrons. The molecule has 1 aromatic heterocycles. The number of aryl methyl sites for hydroxylation is 1. The van der Waals surface area contributed by atoms with E-state index in [0.717, 1.165) is 5.56 Å². The van der Waals surface area contributed by atoms with Crippen LogP contribution >= 0.6 is 0 Å². The fourth-order valence-corrected chi connectivity index (χ4v) is 8.47. The van der Waals surface area contributed by atoms with Gasteiger partial charge < -0.3 is 5.32 Å². The molecule has 3 heterocycles. The Morgan fingerprint density at radius 3 is 2.65 bits per heavy atom. The second-order valence-corrected chi connectivity index (χ2v) is 12.5. The quantitative estimate of drug-likeness (QED) is 0.701. The van der Waals surface area contributed by atoms with Crippen molar-refractivity contribution in [1.82, 2.24) is 15.1 Å². The zero-order valence-electron chi connectivity index (χ0n) is 17.8. The van der Waals surface area contributed by atoms with Crippen LogP contribution in [0.4, 0.5) is 5.69 Å². The molecule has 0 aliphatic carbocycles. The van der Waals surface area contributed by atoms with Crippen molar-refractivity contribution in [2.45, 2.75) is 50.6 Å². The second kappa shape index (κ2) is 7.33. The van der Waals surface area contributed by atoms with E-state index in [-0.39, 0.29) is 22.9 Å². The van der Waals surface area contributed by atoms with Gasteiger partial charge in [0.1, 0.15) is 11.4 Å². The molecule has 4 rings (SSSR count). The SMILES string of the molecule is Cc1nn(CC(=O)N[C@]2(C)CCS(=O)(=O)C2)c(C)c1S(=O)(=O)N1CCc2ccccc21. The van der Waals surface area contributed by atoms with Crippen LogP contribution < -0.4 is 9.62 Å². The Hall–Kier alpha value is -2.40. The summed E-state index contributed by atoms with van der Waals surface area (Å²) in [7, 11) is -7.00. The zero-order chi connectivity index (χ0) is 22.6. The fourth-order valence-electron chi connectivity index (χ4n) is 4.50. The number of carbonyl (C=O) groups is 1. The monoisotopic (exact) mass is 466 g/mol. The standard InChI is InChI=1S/C20H26N4O5S2/c1-14-19(31(28,29)24-10-8-16-6-4-5-7-17(16)24)15(2)23(22-14)12-18(25)21-20(3)9-11-30(26,27)13-20/h4-7H,8-13H2,1-3H3,(H,21,25)/t20-/m1/s1. The number of para-hydroxylation sites is 1. The Morgan fingerprint density at radius 2 is 1.97 bits per heavy atom. The van der Waals surface area contributed by atoms with Gasteiger partial charge in [-0.15, -0.1) is 0 Å². The van der Waals surface area contributed by atoms with Crippen LogP contribution in [0.25, 0.3) is 0 Å². The lowest BCUT2D eigenvalue weighted by molar-refractivity contribution is -0.123. The number of fused-ring (bicyclic) bond motifs is 1. The van der Waals surface area contributed by atoms with E-state index in [1.54, 1.807) is 26.8 Å². The molecule has 1 aromatic carbocycles. The largest absolute Gasteiger partial charge is 0.348 e. The highest BCUT2D eigenvalue weighted by atomic mass is 32.2. The van der Waals surface area contributed by atoms with Gasteiger partial charge in [0.15, 0.2) is 9.84 Å². The molecule has 0 unspecified atom stereocenters. The van der Waals surface area contributed by atoms with E-state index in [1.165, 1.54) is 8.99 Å². The number of sulfonamides is 1. The molecule has 31 heavy (non-hydrogen) atoms. The minimum absolute atomic E-state index is 0.0450. The zero-order valence-corrected chi connectivity index (χ0v) is 19.4. The van der Waals surface area contributed by atoms with Crippen molar-refractivity contribution in [1.29, 1.82) is 0 Å². The maximum atomic E-state index is 13.4. The van der Waals surface area contributed by atoms with Gasteiger partial charge in [0.2, 0.25) is 5.91 Å². The second-order valence-electron chi connectivity index (χ2n) is 8.56. The predicted molar refractivity (Wildman–Crippen MR) is 116 cm³/mol. The molecule has 1 saturated heterocycles. The molecule has 0 bridgehead atoms. The average Bonchev–Trinajstić information content (AvgIpc) is 3.29. The van der Waals surface area contributed by atoms with Crippen LogP contribution in [0.1, 0.15) is 30.3 Å². The first-order valence-electron chi connectivity index (χ1n) is 10.1. The number of rotatable bonds is 5. The number of amides is 1. The third-order valence-electron chi connectivity index (χ3n) is 5.95. The van der Waals surface area contributed by atoms with Gasteiger partial charge in [0.05, 0.1) is 34.1 Å². The smallest absolute Gasteiger partial charge is 0.268 e.